The number of carbonyl (C=O) groups excluding carboxylic acids is 1. The molecular weight excluding hydrogens is 290 g/mol. The first-order valence-electron chi connectivity index (χ1n) is 8.38. The number of ether oxygens (including phenoxy) is 1. The average Bonchev–Trinajstić information content (AvgIpc) is 2.53. The number of amides is 1. The van der Waals surface area contributed by atoms with E-state index < -0.39 is 0 Å². The van der Waals surface area contributed by atoms with Crippen molar-refractivity contribution in [2.45, 2.75) is 52.0 Å². The first-order chi connectivity index (χ1) is 11.0. The number of carbonyl (C=O) groups is 1. The summed E-state index contributed by atoms with van der Waals surface area (Å²) in [5.74, 6) is 0.00176. The Kier molecular flexibility index (Phi) is 6.57. The summed E-state index contributed by atoms with van der Waals surface area (Å²) in [6, 6.07) is 8.63. The van der Waals surface area contributed by atoms with Gasteiger partial charge in [0.2, 0.25) is 5.91 Å². The number of nitrogens with one attached hydrogen (secondary N) is 2. The zero-order valence-corrected chi connectivity index (χ0v) is 14.6. The van der Waals surface area contributed by atoms with Crippen molar-refractivity contribution in [1.82, 2.24) is 15.5 Å². The van der Waals surface area contributed by atoms with E-state index in [1.165, 1.54) is 5.56 Å². The van der Waals surface area contributed by atoms with Crippen molar-refractivity contribution >= 4 is 5.91 Å². The average molecular weight is 319 g/mol. The lowest BCUT2D eigenvalue weighted by molar-refractivity contribution is -0.129. The van der Waals surface area contributed by atoms with Crippen LogP contribution in [0.25, 0.3) is 0 Å². The van der Waals surface area contributed by atoms with Crippen molar-refractivity contribution in [3.8, 4) is 0 Å². The summed E-state index contributed by atoms with van der Waals surface area (Å²) in [5, 5.41) is 6.22. The van der Waals surface area contributed by atoms with E-state index in [1.807, 2.05) is 13.0 Å². The van der Waals surface area contributed by atoms with Gasteiger partial charge in [0.25, 0.3) is 0 Å². The fourth-order valence-electron chi connectivity index (χ4n) is 2.63. The van der Waals surface area contributed by atoms with Gasteiger partial charge in [-0.25, -0.2) is 0 Å². The van der Waals surface area contributed by atoms with Crippen molar-refractivity contribution < 1.29 is 9.53 Å². The van der Waals surface area contributed by atoms with Crippen molar-refractivity contribution in [3.63, 3.8) is 0 Å². The number of hydrogen-bond donors (Lipinski definition) is 2. The van der Waals surface area contributed by atoms with Crippen LogP contribution in [0, 0.1) is 0 Å². The highest BCUT2D eigenvalue weighted by molar-refractivity contribution is 5.82. The normalized spacial score (nSPS) is 21.7. The van der Waals surface area contributed by atoms with Crippen LogP contribution in [0.2, 0.25) is 0 Å². The van der Waals surface area contributed by atoms with E-state index in [4.69, 9.17) is 4.74 Å². The molecule has 128 valence electrons. The summed E-state index contributed by atoms with van der Waals surface area (Å²) in [6.07, 6.45) is -0.0882. The summed E-state index contributed by atoms with van der Waals surface area (Å²) < 4.78 is 5.52. The number of nitrogens with zero attached hydrogens (tertiary/aromatic N) is 1. The lowest BCUT2D eigenvalue weighted by Crippen LogP contribution is -2.55. The molecule has 0 radical (unpaired) electrons. The molecule has 1 aliphatic rings. The predicted octanol–water partition coefficient (Wildman–Crippen LogP) is 1.52. The Bertz CT molecular complexity index is 519. The second-order valence-electron chi connectivity index (χ2n) is 6.55. The molecular formula is C18H29N3O2. The lowest BCUT2D eigenvalue weighted by atomic mass is 10.1. The molecule has 23 heavy (non-hydrogen) atoms. The van der Waals surface area contributed by atoms with Gasteiger partial charge in [-0.1, -0.05) is 24.3 Å². The third-order valence-electron chi connectivity index (χ3n) is 4.37. The molecule has 0 spiro atoms. The molecule has 1 fully saturated rings. The molecule has 2 rings (SSSR count). The molecule has 1 heterocycles. The molecule has 0 saturated carbocycles. The van der Waals surface area contributed by atoms with E-state index in [-0.39, 0.29) is 18.1 Å². The largest absolute Gasteiger partial charge is 0.375 e. The maximum atomic E-state index is 12.3. The van der Waals surface area contributed by atoms with E-state index in [0.717, 1.165) is 18.7 Å². The van der Waals surface area contributed by atoms with Crippen LogP contribution < -0.4 is 10.6 Å². The zero-order chi connectivity index (χ0) is 16.8. The Morgan fingerprint density at radius 3 is 2.87 bits per heavy atom. The van der Waals surface area contributed by atoms with Crippen molar-refractivity contribution in [2.24, 2.45) is 0 Å². The van der Waals surface area contributed by atoms with Gasteiger partial charge in [0, 0.05) is 25.7 Å². The third kappa shape index (κ3) is 5.30. The number of benzene rings is 1. The van der Waals surface area contributed by atoms with E-state index in [2.05, 4.69) is 54.6 Å². The van der Waals surface area contributed by atoms with Crippen LogP contribution in [-0.4, -0.2) is 49.2 Å². The molecule has 1 aromatic carbocycles. The maximum absolute atomic E-state index is 12.3. The molecule has 1 amide bonds. The van der Waals surface area contributed by atoms with E-state index >= 15 is 0 Å². The highest BCUT2D eigenvalue weighted by Crippen LogP contribution is 2.10. The first-order valence-corrected chi connectivity index (χ1v) is 8.38. The fourth-order valence-corrected chi connectivity index (χ4v) is 2.63. The highest BCUT2D eigenvalue weighted by Gasteiger charge is 2.27. The van der Waals surface area contributed by atoms with Crippen molar-refractivity contribution in [3.05, 3.63) is 35.4 Å². The van der Waals surface area contributed by atoms with Crippen LogP contribution in [-0.2, 0) is 22.6 Å². The molecule has 0 aromatic heterocycles. The van der Waals surface area contributed by atoms with Crippen LogP contribution >= 0.6 is 0 Å². The number of morpholine rings is 1. The van der Waals surface area contributed by atoms with E-state index in [1.54, 1.807) is 0 Å². The summed E-state index contributed by atoms with van der Waals surface area (Å²) in [4.78, 5) is 14.6. The zero-order valence-electron chi connectivity index (χ0n) is 14.6. The van der Waals surface area contributed by atoms with Gasteiger partial charge in [-0.05, 0) is 38.9 Å². The first kappa shape index (κ1) is 17.9. The minimum atomic E-state index is -0.265. The third-order valence-corrected chi connectivity index (χ3v) is 4.37. The fraction of sp³-hybridized carbons (Fsp3) is 0.611. The lowest BCUT2D eigenvalue weighted by Gasteiger charge is -2.29. The summed E-state index contributed by atoms with van der Waals surface area (Å²) in [5.41, 5.74) is 2.39. The van der Waals surface area contributed by atoms with Crippen LogP contribution in [0.15, 0.2) is 24.3 Å². The van der Waals surface area contributed by atoms with Gasteiger partial charge < -0.3 is 15.4 Å². The van der Waals surface area contributed by atoms with Gasteiger partial charge in [-0.2, -0.15) is 0 Å². The van der Waals surface area contributed by atoms with Crippen molar-refractivity contribution in [1.29, 1.82) is 0 Å². The molecule has 0 aliphatic carbocycles. The Hall–Kier alpha value is -1.43. The van der Waals surface area contributed by atoms with E-state index in [0.29, 0.717) is 19.2 Å². The summed E-state index contributed by atoms with van der Waals surface area (Å²) >= 11 is 0. The van der Waals surface area contributed by atoms with Crippen LogP contribution in [0.5, 0.6) is 0 Å². The van der Waals surface area contributed by atoms with Crippen LogP contribution in [0.1, 0.15) is 31.9 Å². The monoisotopic (exact) mass is 319 g/mol. The molecule has 2 atom stereocenters. The van der Waals surface area contributed by atoms with Crippen LogP contribution in [0.3, 0.4) is 0 Å². The quantitative estimate of drug-likeness (QED) is 0.835. The summed E-state index contributed by atoms with van der Waals surface area (Å²) in [6.45, 7) is 9.14. The van der Waals surface area contributed by atoms with Gasteiger partial charge >= 0.3 is 0 Å². The highest BCUT2D eigenvalue weighted by atomic mass is 16.5. The Balaban J connectivity index is 1.89. The predicted molar refractivity (Wildman–Crippen MR) is 92.1 cm³/mol. The Labute approximate surface area is 139 Å². The van der Waals surface area contributed by atoms with Gasteiger partial charge in [0.1, 0.15) is 6.04 Å². The SMILES string of the molecule is CC(C)N(C)Cc1cccc(CNC(=O)[C@H]2NCCO[C@@H]2C)c1. The van der Waals surface area contributed by atoms with E-state index in [9.17, 15) is 4.79 Å². The standard InChI is InChI=1S/C18H29N3O2/c1-13(2)21(4)12-16-7-5-6-15(10-16)11-20-18(22)17-14(3)23-9-8-19-17/h5-7,10,13-14,17,19H,8-9,11-12H2,1-4H3,(H,20,22)/t14-,17+/m1/s1. The molecule has 0 bridgehead atoms. The van der Waals surface area contributed by atoms with Crippen LogP contribution in [0.4, 0.5) is 0 Å². The van der Waals surface area contributed by atoms with Gasteiger partial charge in [-0.15, -0.1) is 0 Å². The topological polar surface area (TPSA) is 53.6 Å². The second kappa shape index (κ2) is 8.43. The minimum absolute atomic E-state index is 0.00176. The second-order valence-corrected chi connectivity index (χ2v) is 6.55. The molecule has 0 unspecified atom stereocenters. The molecule has 1 aliphatic heterocycles. The molecule has 2 N–H and O–H groups in total. The van der Waals surface area contributed by atoms with Gasteiger partial charge in [-0.3, -0.25) is 9.69 Å². The number of hydrogen-bond acceptors (Lipinski definition) is 4. The van der Waals surface area contributed by atoms with Gasteiger partial charge in [0.15, 0.2) is 0 Å². The molecule has 1 saturated heterocycles. The van der Waals surface area contributed by atoms with Crippen molar-refractivity contribution in [2.75, 3.05) is 20.2 Å². The molecule has 5 nitrogen and oxygen atoms in total. The minimum Gasteiger partial charge on any atom is -0.375 e. The summed E-state index contributed by atoms with van der Waals surface area (Å²) in [7, 11) is 2.12. The smallest absolute Gasteiger partial charge is 0.240 e. The number of rotatable bonds is 6. The Morgan fingerprint density at radius 2 is 2.17 bits per heavy atom. The molecule has 5 heteroatoms. The van der Waals surface area contributed by atoms with Gasteiger partial charge in [0.05, 0.1) is 12.7 Å². The Morgan fingerprint density at radius 1 is 1.43 bits per heavy atom. The molecule has 1 aromatic rings. The maximum Gasteiger partial charge on any atom is 0.240 e.